The van der Waals surface area contributed by atoms with E-state index in [9.17, 15) is 9.59 Å². The molecule has 2 N–H and O–H groups in total. The van der Waals surface area contributed by atoms with Gasteiger partial charge in [0.15, 0.2) is 0 Å². The summed E-state index contributed by atoms with van der Waals surface area (Å²) in [4.78, 5) is 23.1. The van der Waals surface area contributed by atoms with Gasteiger partial charge in [-0.1, -0.05) is 15.9 Å². The molecule has 0 atom stereocenters. The number of ether oxygens (including phenoxy) is 1. The molecule has 1 amide bonds. The third-order valence-electron chi connectivity index (χ3n) is 2.75. The van der Waals surface area contributed by atoms with Crippen LogP contribution in [0.2, 0.25) is 0 Å². The lowest BCUT2D eigenvalue weighted by Gasteiger charge is -2.08. The molecule has 21 heavy (non-hydrogen) atoms. The van der Waals surface area contributed by atoms with Crippen molar-refractivity contribution in [3.05, 3.63) is 58.1 Å². The SMILES string of the molecule is COc1ccc(C(=O)Nc2cc(Br)cc(C(=O)O)c2)cc1. The van der Waals surface area contributed by atoms with Crippen LogP contribution in [-0.2, 0) is 0 Å². The van der Waals surface area contributed by atoms with Gasteiger partial charge in [-0.2, -0.15) is 0 Å². The maximum absolute atomic E-state index is 12.1. The van der Waals surface area contributed by atoms with Gasteiger partial charge in [0.05, 0.1) is 12.7 Å². The fraction of sp³-hybridized carbons (Fsp3) is 0.0667. The van der Waals surface area contributed by atoms with Gasteiger partial charge in [-0.05, 0) is 42.5 Å². The zero-order valence-corrected chi connectivity index (χ0v) is 12.7. The fourth-order valence-electron chi connectivity index (χ4n) is 1.73. The molecule has 0 aromatic heterocycles. The molecule has 2 aromatic rings. The van der Waals surface area contributed by atoms with E-state index in [1.165, 1.54) is 12.1 Å². The third-order valence-corrected chi connectivity index (χ3v) is 3.21. The van der Waals surface area contributed by atoms with E-state index < -0.39 is 5.97 Å². The van der Waals surface area contributed by atoms with Crippen LogP contribution in [0, 0.1) is 0 Å². The summed E-state index contributed by atoms with van der Waals surface area (Å²) >= 11 is 3.22. The number of carboxylic acids is 1. The Balaban J connectivity index is 2.20. The van der Waals surface area contributed by atoms with Crippen LogP contribution >= 0.6 is 15.9 Å². The highest BCUT2D eigenvalue weighted by Gasteiger charge is 2.10. The van der Waals surface area contributed by atoms with Crippen LogP contribution in [0.1, 0.15) is 20.7 Å². The van der Waals surface area contributed by atoms with E-state index in [-0.39, 0.29) is 11.5 Å². The van der Waals surface area contributed by atoms with Crippen molar-refractivity contribution >= 4 is 33.5 Å². The Labute approximate surface area is 129 Å². The first-order valence-electron chi connectivity index (χ1n) is 5.99. The van der Waals surface area contributed by atoms with Crippen molar-refractivity contribution in [2.24, 2.45) is 0 Å². The molecule has 0 spiro atoms. The summed E-state index contributed by atoms with van der Waals surface area (Å²) < 4.78 is 5.60. The summed E-state index contributed by atoms with van der Waals surface area (Å²) in [5.41, 5.74) is 0.949. The summed E-state index contributed by atoms with van der Waals surface area (Å²) in [5.74, 6) is -0.731. The minimum atomic E-state index is -1.06. The number of benzene rings is 2. The van der Waals surface area contributed by atoms with Gasteiger partial charge in [0, 0.05) is 15.7 Å². The van der Waals surface area contributed by atoms with E-state index in [1.54, 1.807) is 37.4 Å². The maximum Gasteiger partial charge on any atom is 0.335 e. The monoisotopic (exact) mass is 349 g/mol. The van der Waals surface area contributed by atoms with Crippen LogP contribution in [0.25, 0.3) is 0 Å². The zero-order chi connectivity index (χ0) is 15.4. The van der Waals surface area contributed by atoms with Crippen LogP contribution < -0.4 is 10.1 Å². The number of anilines is 1. The standard InChI is InChI=1S/C15H12BrNO4/c1-21-13-4-2-9(3-5-13)14(18)17-12-7-10(15(19)20)6-11(16)8-12/h2-8H,1H3,(H,17,18)(H,19,20). The van der Waals surface area contributed by atoms with Crippen molar-refractivity contribution in [3.8, 4) is 5.75 Å². The summed E-state index contributed by atoms with van der Waals surface area (Å²) in [6.45, 7) is 0. The van der Waals surface area contributed by atoms with E-state index in [0.717, 1.165) is 0 Å². The van der Waals surface area contributed by atoms with Crippen molar-refractivity contribution in [2.75, 3.05) is 12.4 Å². The second-order valence-electron chi connectivity index (χ2n) is 4.22. The maximum atomic E-state index is 12.1. The largest absolute Gasteiger partial charge is 0.497 e. The molecule has 2 aromatic carbocycles. The second-order valence-corrected chi connectivity index (χ2v) is 5.13. The van der Waals surface area contributed by atoms with Crippen LogP contribution in [0.3, 0.4) is 0 Å². The van der Waals surface area contributed by atoms with Crippen molar-refractivity contribution in [3.63, 3.8) is 0 Å². The van der Waals surface area contributed by atoms with Gasteiger partial charge < -0.3 is 15.2 Å². The number of halogens is 1. The molecular weight excluding hydrogens is 338 g/mol. The second kappa shape index (κ2) is 6.41. The Morgan fingerprint density at radius 2 is 1.76 bits per heavy atom. The molecule has 0 unspecified atom stereocenters. The molecule has 0 fully saturated rings. The smallest absolute Gasteiger partial charge is 0.335 e. The van der Waals surface area contributed by atoms with Crippen molar-refractivity contribution in [2.45, 2.75) is 0 Å². The molecule has 0 heterocycles. The van der Waals surface area contributed by atoms with Gasteiger partial charge in [0.2, 0.25) is 0 Å². The van der Waals surface area contributed by atoms with Crippen LogP contribution in [0.5, 0.6) is 5.75 Å². The molecular formula is C15H12BrNO4. The van der Waals surface area contributed by atoms with E-state index in [4.69, 9.17) is 9.84 Å². The van der Waals surface area contributed by atoms with Crippen LogP contribution in [0.4, 0.5) is 5.69 Å². The highest BCUT2D eigenvalue weighted by atomic mass is 79.9. The Kier molecular flexibility index (Phi) is 4.59. The minimum Gasteiger partial charge on any atom is -0.497 e. The molecule has 0 saturated heterocycles. The van der Waals surface area contributed by atoms with Crippen LogP contribution in [-0.4, -0.2) is 24.1 Å². The molecule has 0 aliphatic heterocycles. The van der Waals surface area contributed by atoms with E-state index in [2.05, 4.69) is 21.2 Å². The predicted octanol–water partition coefficient (Wildman–Crippen LogP) is 3.41. The van der Waals surface area contributed by atoms with Crippen molar-refractivity contribution in [1.82, 2.24) is 0 Å². The lowest BCUT2D eigenvalue weighted by atomic mass is 10.1. The summed E-state index contributed by atoms with van der Waals surface area (Å²) in [6.07, 6.45) is 0. The average molecular weight is 350 g/mol. The predicted molar refractivity (Wildman–Crippen MR) is 82.0 cm³/mol. The molecule has 108 valence electrons. The van der Waals surface area contributed by atoms with Crippen molar-refractivity contribution in [1.29, 1.82) is 0 Å². The molecule has 2 rings (SSSR count). The van der Waals surface area contributed by atoms with Gasteiger partial charge in [0.25, 0.3) is 5.91 Å². The number of nitrogens with one attached hydrogen (secondary N) is 1. The zero-order valence-electron chi connectivity index (χ0n) is 11.1. The van der Waals surface area contributed by atoms with Gasteiger partial charge in [-0.15, -0.1) is 0 Å². The Bertz CT molecular complexity index is 683. The molecule has 0 aliphatic rings. The summed E-state index contributed by atoms with van der Waals surface area (Å²) in [6, 6.07) is 11.1. The number of methoxy groups -OCH3 is 1. The Morgan fingerprint density at radius 1 is 1.10 bits per heavy atom. The molecule has 0 saturated carbocycles. The van der Waals surface area contributed by atoms with E-state index in [1.807, 2.05) is 0 Å². The lowest BCUT2D eigenvalue weighted by molar-refractivity contribution is 0.0696. The number of rotatable bonds is 4. The first kappa shape index (κ1) is 15.1. The molecule has 0 radical (unpaired) electrons. The average Bonchev–Trinajstić information content (AvgIpc) is 2.46. The topological polar surface area (TPSA) is 75.6 Å². The summed E-state index contributed by atoms with van der Waals surface area (Å²) in [7, 11) is 1.55. The molecule has 0 aliphatic carbocycles. The highest BCUT2D eigenvalue weighted by Crippen LogP contribution is 2.21. The van der Waals surface area contributed by atoms with E-state index in [0.29, 0.717) is 21.5 Å². The van der Waals surface area contributed by atoms with Gasteiger partial charge >= 0.3 is 5.97 Å². The molecule has 0 bridgehead atoms. The first-order chi connectivity index (χ1) is 9.99. The van der Waals surface area contributed by atoms with E-state index >= 15 is 0 Å². The minimum absolute atomic E-state index is 0.0920. The van der Waals surface area contributed by atoms with Gasteiger partial charge in [-0.25, -0.2) is 4.79 Å². The first-order valence-corrected chi connectivity index (χ1v) is 6.78. The van der Waals surface area contributed by atoms with Gasteiger partial charge in [-0.3, -0.25) is 4.79 Å². The molecule has 6 heteroatoms. The Hall–Kier alpha value is -2.34. The number of hydrogen-bond donors (Lipinski definition) is 2. The van der Waals surface area contributed by atoms with Crippen LogP contribution in [0.15, 0.2) is 46.9 Å². The number of hydrogen-bond acceptors (Lipinski definition) is 3. The number of aromatic carboxylic acids is 1. The Morgan fingerprint density at radius 3 is 2.33 bits per heavy atom. The quantitative estimate of drug-likeness (QED) is 0.886. The normalized spacial score (nSPS) is 10.0. The summed E-state index contributed by atoms with van der Waals surface area (Å²) in [5, 5.41) is 11.7. The number of carboxylic acid groups (broad SMARTS) is 1. The van der Waals surface area contributed by atoms with Crippen molar-refractivity contribution < 1.29 is 19.4 Å². The number of amides is 1. The lowest BCUT2D eigenvalue weighted by Crippen LogP contribution is -2.12. The fourth-order valence-corrected chi connectivity index (χ4v) is 2.22. The number of carbonyl (C=O) groups excluding carboxylic acids is 1. The third kappa shape index (κ3) is 3.82. The van der Waals surface area contributed by atoms with Gasteiger partial charge in [0.1, 0.15) is 5.75 Å². The number of carbonyl (C=O) groups is 2. The highest BCUT2D eigenvalue weighted by molar-refractivity contribution is 9.10. The molecule has 5 nitrogen and oxygen atoms in total.